The van der Waals surface area contributed by atoms with Crippen molar-refractivity contribution in [1.82, 2.24) is 9.44 Å². The molecule has 0 unspecified atom stereocenters. The summed E-state index contributed by atoms with van der Waals surface area (Å²) in [6.07, 6.45) is 5.85. The fourth-order valence-electron chi connectivity index (χ4n) is 2.73. The van der Waals surface area contributed by atoms with Crippen LogP contribution in [0.25, 0.3) is 0 Å². The Morgan fingerprint density at radius 3 is 2.61 bits per heavy atom. The van der Waals surface area contributed by atoms with Crippen molar-refractivity contribution < 1.29 is 8.42 Å². The van der Waals surface area contributed by atoms with Gasteiger partial charge in [-0.15, -0.1) is 0 Å². The van der Waals surface area contributed by atoms with E-state index in [-0.39, 0.29) is 12.1 Å². The lowest BCUT2D eigenvalue weighted by Crippen LogP contribution is -2.48. The lowest BCUT2D eigenvalue weighted by atomic mass is 9.91. The second-order valence-electron chi connectivity index (χ2n) is 6.43. The van der Waals surface area contributed by atoms with Gasteiger partial charge in [-0.3, -0.25) is 4.99 Å². The summed E-state index contributed by atoms with van der Waals surface area (Å²) in [5.41, 5.74) is 0.941. The zero-order valence-electron chi connectivity index (χ0n) is 13.9. The molecule has 2 N–H and O–H groups in total. The van der Waals surface area contributed by atoms with Crippen LogP contribution in [0.2, 0.25) is 0 Å². The van der Waals surface area contributed by atoms with E-state index in [0.29, 0.717) is 12.5 Å². The molecule has 0 radical (unpaired) electrons. The fraction of sp³-hybridized carbons (Fsp3) is 0.588. The van der Waals surface area contributed by atoms with Crippen molar-refractivity contribution in [2.75, 3.05) is 0 Å². The van der Waals surface area contributed by atoms with Crippen molar-refractivity contribution in [2.45, 2.75) is 58.2 Å². The fourth-order valence-corrected chi connectivity index (χ4v) is 3.84. The van der Waals surface area contributed by atoms with Crippen LogP contribution in [0, 0.1) is 5.92 Å². The number of benzene rings is 1. The minimum absolute atomic E-state index is 0.0412. The maximum absolute atomic E-state index is 12.3. The molecule has 2 atom stereocenters. The van der Waals surface area contributed by atoms with Crippen LogP contribution in [-0.2, 0) is 16.8 Å². The Morgan fingerprint density at radius 2 is 1.91 bits per heavy atom. The van der Waals surface area contributed by atoms with Crippen molar-refractivity contribution in [1.29, 1.82) is 0 Å². The maximum Gasteiger partial charge on any atom is 0.277 e. The molecule has 0 aromatic heterocycles. The summed E-state index contributed by atoms with van der Waals surface area (Å²) >= 11 is 0. The quantitative estimate of drug-likeness (QED) is 0.751. The van der Waals surface area contributed by atoms with Crippen molar-refractivity contribution >= 4 is 16.4 Å². The smallest absolute Gasteiger partial charge is 0.277 e. The van der Waals surface area contributed by atoms with E-state index in [2.05, 4.69) is 28.3 Å². The second kappa shape index (κ2) is 8.57. The first-order chi connectivity index (χ1) is 11.0. The van der Waals surface area contributed by atoms with Crippen LogP contribution in [0.5, 0.6) is 0 Å². The van der Waals surface area contributed by atoms with E-state index < -0.39 is 10.2 Å². The lowest BCUT2D eigenvalue weighted by Gasteiger charge is -2.29. The molecule has 0 heterocycles. The van der Waals surface area contributed by atoms with Gasteiger partial charge in [0.1, 0.15) is 0 Å². The number of hydrogen-bond acceptors (Lipinski definition) is 3. The van der Waals surface area contributed by atoms with Gasteiger partial charge in [0.15, 0.2) is 0 Å². The van der Waals surface area contributed by atoms with Crippen LogP contribution in [0.1, 0.15) is 45.1 Å². The molecular formula is C17H27N3O2S. The largest absolute Gasteiger partial charge is 0.292 e. The molecule has 0 saturated heterocycles. The Hall–Kier alpha value is -1.24. The van der Waals surface area contributed by atoms with Crippen LogP contribution in [0.15, 0.2) is 35.3 Å². The highest BCUT2D eigenvalue weighted by atomic mass is 32.2. The van der Waals surface area contributed by atoms with E-state index in [1.54, 1.807) is 0 Å². The lowest BCUT2D eigenvalue weighted by molar-refractivity contribution is 0.361. The van der Waals surface area contributed by atoms with Gasteiger partial charge in [-0.05, 0) is 24.3 Å². The molecule has 0 amide bonds. The topological polar surface area (TPSA) is 70.6 Å². The standard InChI is InChI=1S/C17H27N3O2S/c1-14(2)12-18-16-10-6-7-11-17(16)20-23(21,22)19-13-15-8-4-3-5-9-15/h3-5,8-9,12,14,16-17,19-20H,6-7,10-11,13H2,1-2H3/t16-,17-/m1/s1. The predicted octanol–water partition coefficient (Wildman–Crippen LogP) is 2.65. The first kappa shape index (κ1) is 18.1. The van der Waals surface area contributed by atoms with Crippen LogP contribution >= 0.6 is 0 Å². The maximum atomic E-state index is 12.3. The molecule has 1 aromatic rings. The number of rotatable bonds is 7. The Labute approximate surface area is 139 Å². The summed E-state index contributed by atoms with van der Waals surface area (Å²) in [7, 11) is -3.52. The van der Waals surface area contributed by atoms with Crippen LogP contribution in [0.4, 0.5) is 0 Å². The molecule has 1 fully saturated rings. The molecule has 0 spiro atoms. The molecular weight excluding hydrogens is 310 g/mol. The minimum Gasteiger partial charge on any atom is -0.292 e. The Morgan fingerprint density at radius 1 is 1.22 bits per heavy atom. The molecule has 6 heteroatoms. The molecule has 0 aliphatic heterocycles. The summed E-state index contributed by atoms with van der Waals surface area (Å²) in [6, 6.07) is 9.43. The van der Waals surface area contributed by atoms with Crippen molar-refractivity contribution in [3.63, 3.8) is 0 Å². The molecule has 5 nitrogen and oxygen atoms in total. The molecule has 128 valence electrons. The molecule has 0 bridgehead atoms. The summed E-state index contributed by atoms with van der Waals surface area (Å²) in [5.74, 6) is 0.380. The average Bonchev–Trinajstić information content (AvgIpc) is 2.53. The number of nitrogens with zero attached hydrogens (tertiary/aromatic N) is 1. The third kappa shape index (κ3) is 6.41. The molecule has 1 aliphatic rings. The second-order valence-corrected chi connectivity index (χ2v) is 7.96. The van der Waals surface area contributed by atoms with Gasteiger partial charge in [0.2, 0.25) is 0 Å². The first-order valence-corrected chi connectivity index (χ1v) is 9.79. The van der Waals surface area contributed by atoms with E-state index in [1.165, 1.54) is 0 Å². The zero-order chi connectivity index (χ0) is 16.7. The Kier molecular flexibility index (Phi) is 6.74. The summed E-state index contributed by atoms with van der Waals surface area (Å²) in [6.45, 7) is 4.45. The van der Waals surface area contributed by atoms with Crippen LogP contribution in [-0.4, -0.2) is 26.7 Å². The summed E-state index contributed by atoms with van der Waals surface area (Å²) in [4.78, 5) is 4.59. The number of aliphatic imine (C=N–C) groups is 1. The van der Waals surface area contributed by atoms with Crippen molar-refractivity contribution in [2.24, 2.45) is 10.9 Å². The van der Waals surface area contributed by atoms with Gasteiger partial charge < -0.3 is 0 Å². The molecule has 1 aromatic carbocycles. The highest BCUT2D eigenvalue weighted by Gasteiger charge is 2.28. The van der Waals surface area contributed by atoms with E-state index in [1.807, 2.05) is 36.5 Å². The number of nitrogens with one attached hydrogen (secondary N) is 2. The van der Waals surface area contributed by atoms with Gasteiger partial charge >= 0.3 is 0 Å². The van der Waals surface area contributed by atoms with Crippen LogP contribution in [0.3, 0.4) is 0 Å². The highest BCUT2D eigenvalue weighted by Crippen LogP contribution is 2.22. The van der Waals surface area contributed by atoms with Gasteiger partial charge in [-0.1, -0.05) is 57.0 Å². The normalized spacial score (nSPS) is 22.7. The third-order valence-corrected chi connectivity index (χ3v) is 5.06. The zero-order valence-corrected chi connectivity index (χ0v) is 14.7. The molecule has 2 rings (SSSR count). The number of hydrogen-bond donors (Lipinski definition) is 2. The third-order valence-electron chi connectivity index (χ3n) is 3.92. The van der Waals surface area contributed by atoms with Gasteiger partial charge in [0, 0.05) is 18.8 Å². The van der Waals surface area contributed by atoms with E-state index in [0.717, 1.165) is 31.2 Å². The predicted molar refractivity (Wildman–Crippen MR) is 94.7 cm³/mol. The van der Waals surface area contributed by atoms with E-state index in [9.17, 15) is 8.42 Å². The monoisotopic (exact) mass is 337 g/mol. The summed E-state index contributed by atoms with van der Waals surface area (Å²) in [5, 5.41) is 0. The molecule has 1 saturated carbocycles. The van der Waals surface area contributed by atoms with Crippen molar-refractivity contribution in [3.05, 3.63) is 35.9 Å². The average molecular weight is 337 g/mol. The first-order valence-electron chi connectivity index (χ1n) is 8.30. The van der Waals surface area contributed by atoms with E-state index in [4.69, 9.17) is 0 Å². The summed E-state index contributed by atoms with van der Waals surface area (Å²) < 4.78 is 30.0. The van der Waals surface area contributed by atoms with Gasteiger partial charge in [0.05, 0.1) is 6.04 Å². The van der Waals surface area contributed by atoms with Gasteiger partial charge in [-0.25, -0.2) is 0 Å². The van der Waals surface area contributed by atoms with E-state index >= 15 is 0 Å². The Bertz CT molecular complexity index is 600. The molecule has 23 heavy (non-hydrogen) atoms. The Balaban J connectivity index is 1.94. The SMILES string of the molecule is CC(C)C=N[C@@H]1CCCC[C@H]1NS(=O)(=O)NCc1ccccc1. The van der Waals surface area contributed by atoms with Gasteiger partial charge in [-0.2, -0.15) is 17.9 Å². The molecule has 1 aliphatic carbocycles. The van der Waals surface area contributed by atoms with Crippen molar-refractivity contribution in [3.8, 4) is 0 Å². The van der Waals surface area contributed by atoms with Gasteiger partial charge in [0.25, 0.3) is 10.2 Å². The minimum atomic E-state index is -3.52. The highest BCUT2D eigenvalue weighted by molar-refractivity contribution is 7.87. The van der Waals surface area contributed by atoms with Crippen LogP contribution < -0.4 is 9.44 Å².